The van der Waals surface area contributed by atoms with Crippen molar-refractivity contribution in [3.8, 4) is 0 Å². The number of nitrogens with one attached hydrogen (secondary N) is 2. The topological polar surface area (TPSA) is 95.1 Å². The van der Waals surface area contributed by atoms with Gasteiger partial charge in [-0.15, -0.1) is 0 Å². The van der Waals surface area contributed by atoms with Crippen LogP contribution in [0.5, 0.6) is 0 Å². The molecule has 0 aromatic carbocycles. The molecule has 1 aromatic rings. The number of aliphatic carboxylic acids is 1. The van der Waals surface area contributed by atoms with Gasteiger partial charge >= 0.3 is 5.97 Å². The molecule has 3 N–H and O–H groups in total. The Labute approximate surface area is 99.4 Å². The molecule has 0 spiro atoms. The standard InChI is InChI=1S/C11H17N3O3/c1-8(2-3-10(15)16)4-5-12-11(17)9-6-13-14-7-9/h6-8H,2-5H2,1H3,(H,12,17)(H,13,14)(H,15,16). The molecule has 1 atom stereocenters. The summed E-state index contributed by atoms with van der Waals surface area (Å²) in [7, 11) is 0. The van der Waals surface area contributed by atoms with Crippen LogP contribution in [0.2, 0.25) is 0 Å². The lowest BCUT2D eigenvalue weighted by atomic mass is 10.0. The van der Waals surface area contributed by atoms with Gasteiger partial charge in [0.2, 0.25) is 0 Å². The molecule has 1 unspecified atom stereocenters. The molecule has 6 heteroatoms. The number of hydrogen-bond donors (Lipinski definition) is 3. The summed E-state index contributed by atoms with van der Waals surface area (Å²) in [5.74, 6) is -0.654. The summed E-state index contributed by atoms with van der Waals surface area (Å²) in [4.78, 5) is 21.8. The first-order valence-corrected chi connectivity index (χ1v) is 5.58. The summed E-state index contributed by atoms with van der Waals surface area (Å²) >= 11 is 0. The third-order valence-corrected chi connectivity index (χ3v) is 2.53. The van der Waals surface area contributed by atoms with Crippen molar-refractivity contribution in [2.24, 2.45) is 5.92 Å². The van der Waals surface area contributed by atoms with E-state index in [1.807, 2.05) is 6.92 Å². The van der Waals surface area contributed by atoms with Gasteiger partial charge in [0, 0.05) is 19.2 Å². The average Bonchev–Trinajstić information content (AvgIpc) is 2.79. The van der Waals surface area contributed by atoms with Crippen LogP contribution in [-0.4, -0.2) is 33.7 Å². The zero-order chi connectivity index (χ0) is 12.7. The van der Waals surface area contributed by atoms with Gasteiger partial charge in [0.25, 0.3) is 5.91 Å². The van der Waals surface area contributed by atoms with Gasteiger partial charge in [-0.2, -0.15) is 5.10 Å². The van der Waals surface area contributed by atoms with E-state index in [9.17, 15) is 9.59 Å². The molecule has 17 heavy (non-hydrogen) atoms. The zero-order valence-corrected chi connectivity index (χ0v) is 9.77. The molecule has 1 amide bonds. The summed E-state index contributed by atoms with van der Waals surface area (Å²) in [6, 6.07) is 0. The van der Waals surface area contributed by atoms with Crippen molar-refractivity contribution in [3.63, 3.8) is 0 Å². The van der Waals surface area contributed by atoms with Gasteiger partial charge in [-0.1, -0.05) is 6.92 Å². The summed E-state index contributed by atoms with van der Waals surface area (Å²) in [6.07, 6.45) is 4.58. The first-order valence-electron chi connectivity index (χ1n) is 5.58. The largest absolute Gasteiger partial charge is 0.481 e. The first-order chi connectivity index (χ1) is 8.09. The van der Waals surface area contributed by atoms with Crippen LogP contribution in [0.3, 0.4) is 0 Å². The van der Waals surface area contributed by atoms with Crippen LogP contribution in [0.1, 0.15) is 36.5 Å². The van der Waals surface area contributed by atoms with Gasteiger partial charge in [-0.3, -0.25) is 14.7 Å². The predicted octanol–water partition coefficient (Wildman–Crippen LogP) is 1.03. The molecule has 0 radical (unpaired) electrons. The number of aromatic amines is 1. The Morgan fingerprint density at radius 1 is 1.53 bits per heavy atom. The number of aromatic nitrogens is 2. The molecule has 1 aromatic heterocycles. The monoisotopic (exact) mass is 239 g/mol. The van der Waals surface area contributed by atoms with Gasteiger partial charge in [-0.05, 0) is 18.8 Å². The Balaban J connectivity index is 2.15. The highest BCUT2D eigenvalue weighted by atomic mass is 16.4. The van der Waals surface area contributed by atoms with E-state index in [4.69, 9.17) is 5.11 Å². The summed E-state index contributed by atoms with van der Waals surface area (Å²) < 4.78 is 0. The first kappa shape index (κ1) is 13.2. The van der Waals surface area contributed by atoms with Crippen molar-refractivity contribution in [2.75, 3.05) is 6.54 Å². The third-order valence-electron chi connectivity index (χ3n) is 2.53. The van der Waals surface area contributed by atoms with Crippen LogP contribution in [0, 0.1) is 5.92 Å². The van der Waals surface area contributed by atoms with E-state index in [2.05, 4.69) is 15.5 Å². The maximum absolute atomic E-state index is 11.5. The fourth-order valence-corrected chi connectivity index (χ4v) is 1.42. The molecule has 6 nitrogen and oxygen atoms in total. The van der Waals surface area contributed by atoms with Gasteiger partial charge in [-0.25, -0.2) is 0 Å². The van der Waals surface area contributed by atoms with Crippen LogP contribution < -0.4 is 5.32 Å². The van der Waals surface area contributed by atoms with Crippen molar-refractivity contribution >= 4 is 11.9 Å². The van der Waals surface area contributed by atoms with Crippen molar-refractivity contribution < 1.29 is 14.7 Å². The highest BCUT2D eigenvalue weighted by Gasteiger charge is 2.08. The van der Waals surface area contributed by atoms with Crippen molar-refractivity contribution in [1.82, 2.24) is 15.5 Å². The minimum atomic E-state index is -0.778. The van der Waals surface area contributed by atoms with E-state index < -0.39 is 5.97 Å². The van der Waals surface area contributed by atoms with Gasteiger partial charge in [0.1, 0.15) is 0 Å². The smallest absolute Gasteiger partial charge is 0.303 e. The number of amides is 1. The molecule has 0 aliphatic heterocycles. The zero-order valence-electron chi connectivity index (χ0n) is 9.77. The summed E-state index contributed by atoms with van der Waals surface area (Å²) in [6.45, 7) is 2.53. The number of nitrogens with zero attached hydrogens (tertiary/aromatic N) is 1. The molecule has 94 valence electrons. The van der Waals surface area contributed by atoms with E-state index in [0.29, 0.717) is 18.5 Å². The number of carbonyl (C=O) groups is 2. The van der Waals surface area contributed by atoms with Gasteiger partial charge in [0.05, 0.1) is 11.8 Å². The second kappa shape index (κ2) is 6.67. The molecule has 1 rings (SSSR count). The minimum Gasteiger partial charge on any atom is -0.481 e. The maximum atomic E-state index is 11.5. The number of hydrogen-bond acceptors (Lipinski definition) is 3. The van der Waals surface area contributed by atoms with Crippen LogP contribution in [-0.2, 0) is 4.79 Å². The molecule has 1 heterocycles. The molecule has 0 aliphatic rings. The van der Waals surface area contributed by atoms with Crippen LogP contribution in [0.4, 0.5) is 0 Å². The van der Waals surface area contributed by atoms with Crippen molar-refractivity contribution in [2.45, 2.75) is 26.2 Å². The maximum Gasteiger partial charge on any atom is 0.303 e. The second-order valence-corrected chi connectivity index (χ2v) is 4.07. The summed E-state index contributed by atoms with van der Waals surface area (Å²) in [5, 5.41) is 17.5. The van der Waals surface area contributed by atoms with Crippen LogP contribution >= 0.6 is 0 Å². The Bertz CT molecular complexity index is 362. The lowest BCUT2D eigenvalue weighted by molar-refractivity contribution is -0.137. The van der Waals surface area contributed by atoms with E-state index in [-0.39, 0.29) is 18.2 Å². The number of carboxylic acids is 1. The highest BCUT2D eigenvalue weighted by molar-refractivity contribution is 5.93. The molecular weight excluding hydrogens is 222 g/mol. The molecule has 0 bridgehead atoms. The lowest BCUT2D eigenvalue weighted by Crippen LogP contribution is -2.25. The highest BCUT2D eigenvalue weighted by Crippen LogP contribution is 2.09. The number of H-pyrrole nitrogens is 1. The number of carboxylic acid groups (broad SMARTS) is 1. The van der Waals surface area contributed by atoms with E-state index >= 15 is 0 Å². The van der Waals surface area contributed by atoms with E-state index in [0.717, 1.165) is 6.42 Å². The molecule has 0 fully saturated rings. The fourth-order valence-electron chi connectivity index (χ4n) is 1.42. The van der Waals surface area contributed by atoms with Crippen molar-refractivity contribution in [3.05, 3.63) is 18.0 Å². The Morgan fingerprint density at radius 2 is 2.29 bits per heavy atom. The van der Waals surface area contributed by atoms with Gasteiger partial charge in [0.15, 0.2) is 0 Å². The van der Waals surface area contributed by atoms with Crippen LogP contribution in [0.15, 0.2) is 12.4 Å². The quantitative estimate of drug-likeness (QED) is 0.662. The van der Waals surface area contributed by atoms with Crippen molar-refractivity contribution in [1.29, 1.82) is 0 Å². The summed E-state index contributed by atoms with van der Waals surface area (Å²) in [5.41, 5.74) is 0.503. The normalized spacial score (nSPS) is 12.1. The Morgan fingerprint density at radius 3 is 2.88 bits per heavy atom. The van der Waals surface area contributed by atoms with E-state index in [1.54, 1.807) is 0 Å². The molecule has 0 aliphatic carbocycles. The second-order valence-electron chi connectivity index (χ2n) is 4.07. The predicted molar refractivity (Wildman–Crippen MR) is 61.6 cm³/mol. The molecule has 0 saturated heterocycles. The van der Waals surface area contributed by atoms with E-state index in [1.165, 1.54) is 12.4 Å². The van der Waals surface area contributed by atoms with Gasteiger partial charge < -0.3 is 10.4 Å². The molecule has 0 saturated carbocycles. The minimum absolute atomic E-state index is 0.163. The molecular formula is C11H17N3O3. The Hall–Kier alpha value is -1.85. The number of carbonyl (C=O) groups excluding carboxylic acids is 1. The lowest BCUT2D eigenvalue weighted by Gasteiger charge is -2.10. The SMILES string of the molecule is CC(CCNC(=O)c1cn[nH]c1)CCC(=O)O. The average molecular weight is 239 g/mol. The number of rotatable bonds is 7. The third kappa shape index (κ3) is 5.14. The fraction of sp³-hybridized carbons (Fsp3) is 0.545. The Kier molecular flexibility index (Phi) is 5.19. The van der Waals surface area contributed by atoms with Crippen LogP contribution in [0.25, 0.3) is 0 Å².